The quantitative estimate of drug-likeness (QED) is 0.545. The molecule has 0 fully saturated rings. The van der Waals surface area contributed by atoms with Crippen LogP contribution in [0.25, 0.3) is 5.69 Å². The molecule has 0 unspecified atom stereocenters. The Labute approximate surface area is 136 Å². The zero-order valence-corrected chi connectivity index (χ0v) is 13.0. The molecular weight excluding hydrogens is 288 g/mol. The van der Waals surface area contributed by atoms with Gasteiger partial charge in [0.25, 0.3) is 0 Å². The van der Waals surface area contributed by atoms with Gasteiger partial charge in [-0.2, -0.15) is 0 Å². The highest BCUT2D eigenvalue weighted by atomic mass is 16.5. The number of nitrogens with one attached hydrogen (secondary N) is 2. The normalized spacial score (nSPS) is 11.5. The minimum atomic E-state index is 0.537. The van der Waals surface area contributed by atoms with Crippen molar-refractivity contribution in [3.8, 4) is 17.3 Å². The van der Waals surface area contributed by atoms with Crippen LogP contribution in [-0.2, 0) is 0 Å². The molecule has 1 aromatic heterocycles. The Kier molecular flexibility index (Phi) is 3.75. The number of nitrogens with zero attached hydrogens (tertiary/aromatic N) is 2. The fourth-order valence-electron chi connectivity index (χ4n) is 2.32. The first kappa shape index (κ1) is 13.6. The summed E-state index contributed by atoms with van der Waals surface area (Å²) in [6.07, 6.45) is 3.21. The molecule has 5 nitrogen and oxygen atoms in total. The average molecular weight is 306 g/mol. The van der Waals surface area contributed by atoms with Gasteiger partial charge in [0.1, 0.15) is 5.75 Å². The van der Waals surface area contributed by atoms with E-state index in [1.807, 2.05) is 68.6 Å². The van der Waals surface area contributed by atoms with Gasteiger partial charge in [0, 0.05) is 18.0 Å². The zero-order valence-electron chi connectivity index (χ0n) is 14.0. The predicted octanol–water partition coefficient (Wildman–Crippen LogP) is 4.30. The van der Waals surface area contributed by atoms with Crippen LogP contribution in [-0.4, -0.2) is 16.1 Å². The highest BCUT2D eigenvalue weighted by Gasteiger charge is 2.08. The molecule has 0 spiro atoms. The van der Waals surface area contributed by atoms with E-state index >= 15 is 0 Å². The molecular formula is C18H18N4O. The smallest absolute Gasteiger partial charge is 0.238 e. The summed E-state index contributed by atoms with van der Waals surface area (Å²) in [6, 6.07) is 15.6. The van der Waals surface area contributed by atoms with Gasteiger partial charge in [0.15, 0.2) is 1.41 Å². The van der Waals surface area contributed by atoms with E-state index < -0.39 is 0 Å². The van der Waals surface area contributed by atoms with Gasteiger partial charge in [0.05, 0.1) is 12.0 Å². The van der Waals surface area contributed by atoms with Crippen LogP contribution in [0.5, 0.6) is 11.6 Å². The van der Waals surface area contributed by atoms with E-state index in [0.717, 1.165) is 28.3 Å². The lowest BCUT2D eigenvalue weighted by Crippen LogP contribution is -1.98. The van der Waals surface area contributed by atoms with Gasteiger partial charge in [-0.05, 0) is 49.2 Å². The Morgan fingerprint density at radius 3 is 2.78 bits per heavy atom. The maximum atomic E-state index is 6.81. The van der Waals surface area contributed by atoms with Gasteiger partial charge >= 0.3 is 0 Å². The molecule has 0 amide bonds. The molecule has 0 saturated carbocycles. The molecule has 0 radical (unpaired) electrons. The van der Waals surface area contributed by atoms with Crippen LogP contribution in [0.4, 0.5) is 5.69 Å². The van der Waals surface area contributed by atoms with Gasteiger partial charge in [-0.15, -0.1) is 5.10 Å². The highest BCUT2D eigenvalue weighted by Crippen LogP contribution is 2.29. The van der Waals surface area contributed by atoms with Crippen molar-refractivity contribution in [1.82, 2.24) is 9.78 Å². The van der Waals surface area contributed by atoms with Crippen molar-refractivity contribution >= 4 is 12.0 Å². The SMILES string of the molecule is [H]/N=C/Nc1cc(C)c(Oc2ccn(-c3ccccc3)n2)cc1C. The van der Waals surface area contributed by atoms with Crippen molar-refractivity contribution in [1.29, 1.82) is 5.40 Å². The van der Waals surface area contributed by atoms with Crippen molar-refractivity contribution < 1.29 is 6.15 Å². The van der Waals surface area contributed by atoms with E-state index in [0.29, 0.717) is 5.88 Å². The molecule has 0 aliphatic carbocycles. The summed E-state index contributed by atoms with van der Waals surface area (Å²) in [7, 11) is 0. The number of hydrogen-bond acceptors (Lipinski definition) is 3. The first-order valence-electron chi connectivity index (χ1n) is 7.75. The standard InChI is InChI=1S/C18H18N4O/c1-13-11-17(14(2)10-16(13)20-12-19)23-18-8-9-22(21-18)15-6-4-3-5-7-15/h3-12H,1-2H3,(H2,19,20). The van der Waals surface area contributed by atoms with Crippen molar-refractivity contribution in [2.45, 2.75) is 13.8 Å². The summed E-state index contributed by atoms with van der Waals surface area (Å²) in [5.74, 6) is 1.29. The number of rotatable bonds is 5. The van der Waals surface area contributed by atoms with Crippen molar-refractivity contribution in [3.05, 3.63) is 65.9 Å². The molecule has 2 N–H and O–H groups in total. The topological polar surface area (TPSA) is 62.9 Å². The summed E-state index contributed by atoms with van der Waals surface area (Å²) in [6.45, 7) is 3.93. The molecule has 5 heteroatoms. The number of anilines is 1. The maximum Gasteiger partial charge on any atom is 0.238 e. The van der Waals surface area contributed by atoms with Gasteiger partial charge < -0.3 is 10.1 Å². The molecule has 116 valence electrons. The van der Waals surface area contributed by atoms with Crippen molar-refractivity contribution in [3.63, 3.8) is 0 Å². The van der Waals surface area contributed by atoms with Crippen LogP contribution in [0.3, 0.4) is 0 Å². The third-order valence-electron chi connectivity index (χ3n) is 3.54. The van der Waals surface area contributed by atoms with Crippen LogP contribution in [0.1, 0.15) is 11.1 Å². The Hall–Kier alpha value is -3.08. The van der Waals surface area contributed by atoms with E-state index in [2.05, 4.69) is 15.8 Å². The molecule has 2 aromatic carbocycles. The summed E-state index contributed by atoms with van der Waals surface area (Å²) < 4.78 is 14.5. The van der Waals surface area contributed by atoms with Gasteiger partial charge in [-0.25, -0.2) is 4.68 Å². The number of para-hydroxylation sites is 1. The average Bonchev–Trinajstić information content (AvgIpc) is 3.06. The van der Waals surface area contributed by atoms with Crippen LogP contribution in [0, 0.1) is 19.2 Å². The summed E-state index contributed by atoms with van der Waals surface area (Å²) in [5.41, 5.74) is 3.84. The number of aromatic nitrogens is 2. The molecule has 0 bridgehead atoms. The maximum absolute atomic E-state index is 6.81. The van der Waals surface area contributed by atoms with E-state index in [4.69, 9.17) is 6.15 Å². The Balaban J connectivity index is 1.82. The zero-order chi connectivity index (χ0) is 16.9. The number of benzene rings is 2. The third kappa shape index (κ3) is 3.23. The van der Waals surface area contributed by atoms with E-state index in [1.165, 1.54) is 6.34 Å². The van der Waals surface area contributed by atoms with E-state index in [-0.39, 0.29) is 0 Å². The second kappa shape index (κ2) is 6.36. The van der Waals surface area contributed by atoms with E-state index in [1.54, 1.807) is 4.68 Å². The Morgan fingerprint density at radius 2 is 2.00 bits per heavy atom. The second-order valence-electron chi connectivity index (χ2n) is 5.24. The largest absolute Gasteiger partial charge is 0.437 e. The first-order chi connectivity index (χ1) is 11.7. The number of hydrogen-bond donors (Lipinski definition) is 2. The number of ether oxygens (including phenoxy) is 1. The lowest BCUT2D eigenvalue weighted by atomic mass is 10.1. The predicted molar refractivity (Wildman–Crippen MR) is 92.0 cm³/mol. The second-order valence-corrected chi connectivity index (χ2v) is 5.24. The Morgan fingerprint density at radius 1 is 1.17 bits per heavy atom. The molecule has 0 saturated heterocycles. The fourth-order valence-corrected chi connectivity index (χ4v) is 2.32. The highest BCUT2D eigenvalue weighted by molar-refractivity contribution is 5.76. The number of aryl methyl sites for hydroxylation is 2. The van der Waals surface area contributed by atoms with Gasteiger partial charge in [-0.3, -0.25) is 5.40 Å². The molecule has 0 aliphatic rings. The van der Waals surface area contributed by atoms with E-state index in [9.17, 15) is 0 Å². The summed E-state index contributed by atoms with van der Waals surface area (Å²) in [4.78, 5) is 0. The summed E-state index contributed by atoms with van der Waals surface area (Å²) in [5, 5.41) is 10.6. The van der Waals surface area contributed by atoms with Crippen molar-refractivity contribution in [2.24, 2.45) is 0 Å². The van der Waals surface area contributed by atoms with Crippen LogP contribution in [0.2, 0.25) is 1.41 Å². The van der Waals surface area contributed by atoms with Crippen LogP contribution < -0.4 is 10.1 Å². The molecule has 0 atom stereocenters. The third-order valence-corrected chi connectivity index (χ3v) is 3.54. The fraction of sp³-hybridized carbons (Fsp3) is 0.111. The molecule has 23 heavy (non-hydrogen) atoms. The van der Waals surface area contributed by atoms with Gasteiger partial charge in [-0.1, -0.05) is 18.2 Å². The Bertz CT molecular complexity index is 859. The molecule has 3 rings (SSSR count). The van der Waals surface area contributed by atoms with Crippen LogP contribution >= 0.6 is 0 Å². The first-order valence-corrected chi connectivity index (χ1v) is 7.30. The monoisotopic (exact) mass is 306 g/mol. The van der Waals surface area contributed by atoms with Crippen LogP contribution in [0.15, 0.2) is 54.7 Å². The molecule has 0 aliphatic heterocycles. The minimum absolute atomic E-state index is 0.537. The van der Waals surface area contributed by atoms with Crippen molar-refractivity contribution in [2.75, 3.05) is 5.32 Å². The molecule has 1 heterocycles. The molecule has 3 aromatic rings. The minimum Gasteiger partial charge on any atom is -0.437 e. The lowest BCUT2D eigenvalue weighted by Gasteiger charge is -2.11. The lowest BCUT2D eigenvalue weighted by molar-refractivity contribution is 0.454. The summed E-state index contributed by atoms with van der Waals surface area (Å²) >= 11 is 0. The van der Waals surface area contributed by atoms with Gasteiger partial charge in [0.2, 0.25) is 5.88 Å².